The first-order valence-electron chi connectivity index (χ1n) is 6.81. The Hall–Kier alpha value is -0.610. The zero-order valence-corrected chi connectivity index (χ0v) is 10.9. The number of rotatable bonds is 6. The molecule has 2 atom stereocenters. The van der Waals surface area contributed by atoms with Crippen LogP contribution in [0.25, 0.3) is 0 Å². The summed E-state index contributed by atoms with van der Waals surface area (Å²) < 4.78 is 0. The molecule has 17 heavy (non-hydrogen) atoms. The predicted molar refractivity (Wildman–Crippen MR) is 68.5 cm³/mol. The van der Waals surface area contributed by atoms with Gasteiger partial charge in [0.15, 0.2) is 0 Å². The first-order valence-corrected chi connectivity index (χ1v) is 6.81. The molecule has 0 saturated heterocycles. The monoisotopic (exact) mass is 242 g/mol. The van der Waals surface area contributed by atoms with Crippen molar-refractivity contribution < 1.29 is 9.90 Å². The van der Waals surface area contributed by atoms with Gasteiger partial charge in [-0.05, 0) is 32.1 Å². The third kappa shape index (κ3) is 5.04. The van der Waals surface area contributed by atoms with E-state index in [1.807, 2.05) is 6.92 Å². The summed E-state index contributed by atoms with van der Waals surface area (Å²) >= 11 is 0. The van der Waals surface area contributed by atoms with Crippen molar-refractivity contribution in [1.29, 1.82) is 0 Å². The van der Waals surface area contributed by atoms with Crippen LogP contribution < -0.4 is 5.73 Å². The first-order chi connectivity index (χ1) is 8.17. The smallest absolute Gasteiger partial charge is 0.222 e. The van der Waals surface area contributed by atoms with Gasteiger partial charge in [0.25, 0.3) is 0 Å². The lowest BCUT2D eigenvalue weighted by Gasteiger charge is -2.27. The Labute approximate surface area is 104 Å². The molecule has 0 aromatic carbocycles. The number of hydrogen-bond acceptors (Lipinski definition) is 3. The fourth-order valence-corrected chi connectivity index (χ4v) is 2.66. The average Bonchev–Trinajstić information content (AvgIpc) is 2.33. The molecule has 1 aliphatic rings. The fraction of sp³-hybridized carbons (Fsp3) is 0.923. The van der Waals surface area contributed by atoms with Gasteiger partial charge in [0, 0.05) is 25.6 Å². The molecule has 1 aliphatic carbocycles. The van der Waals surface area contributed by atoms with Gasteiger partial charge < -0.3 is 15.7 Å². The molecule has 1 rings (SSSR count). The summed E-state index contributed by atoms with van der Waals surface area (Å²) in [5.74, 6) is 0.788. The van der Waals surface area contributed by atoms with Gasteiger partial charge in [-0.1, -0.05) is 12.8 Å². The van der Waals surface area contributed by atoms with Crippen LogP contribution in [-0.4, -0.2) is 41.7 Å². The van der Waals surface area contributed by atoms with E-state index in [1.54, 1.807) is 4.90 Å². The van der Waals surface area contributed by atoms with Crippen molar-refractivity contribution in [2.24, 2.45) is 11.7 Å². The molecule has 0 bridgehead atoms. The van der Waals surface area contributed by atoms with Crippen LogP contribution >= 0.6 is 0 Å². The molecular weight excluding hydrogens is 216 g/mol. The Kier molecular flexibility index (Phi) is 6.52. The maximum absolute atomic E-state index is 11.9. The van der Waals surface area contributed by atoms with Crippen LogP contribution in [-0.2, 0) is 4.79 Å². The minimum atomic E-state index is 0.0495. The standard InChI is InChI=1S/C13H26N2O2/c1-2-15(8-9-16)13(17)7-6-11-4-3-5-12(14)10-11/h11-12,16H,2-10,14H2,1H3. The molecule has 0 aromatic rings. The van der Waals surface area contributed by atoms with Crippen LogP contribution in [0.2, 0.25) is 0 Å². The van der Waals surface area contributed by atoms with Crippen molar-refractivity contribution in [3.63, 3.8) is 0 Å². The van der Waals surface area contributed by atoms with Crippen LogP contribution in [0, 0.1) is 5.92 Å². The molecule has 4 nitrogen and oxygen atoms in total. The normalized spacial score (nSPS) is 24.6. The SMILES string of the molecule is CCN(CCO)C(=O)CCC1CCCC(N)C1. The third-order valence-corrected chi connectivity index (χ3v) is 3.69. The van der Waals surface area contributed by atoms with E-state index in [2.05, 4.69) is 0 Å². The summed E-state index contributed by atoms with van der Waals surface area (Å²) in [5.41, 5.74) is 5.94. The molecule has 1 saturated carbocycles. The molecule has 0 heterocycles. The minimum absolute atomic E-state index is 0.0495. The number of nitrogens with zero attached hydrogens (tertiary/aromatic N) is 1. The van der Waals surface area contributed by atoms with Crippen LogP contribution in [0.4, 0.5) is 0 Å². The highest BCUT2D eigenvalue weighted by molar-refractivity contribution is 5.76. The third-order valence-electron chi connectivity index (χ3n) is 3.69. The molecule has 0 spiro atoms. The predicted octanol–water partition coefficient (Wildman–Crippen LogP) is 1.12. The van der Waals surface area contributed by atoms with E-state index in [-0.39, 0.29) is 12.5 Å². The highest BCUT2D eigenvalue weighted by atomic mass is 16.3. The molecule has 1 fully saturated rings. The Balaban J connectivity index is 2.26. The van der Waals surface area contributed by atoms with E-state index in [0.29, 0.717) is 31.5 Å². The Morgan fingerprint density at radius 2 is 2.24 bits per heavy atom. The van der Waals surface area contributed by atoms with E-state index in [9.17, 15) is 4.79 Å². The van der Waals surface area contributed by atoms with Gasteiger partial charge in [-0.3, -0.25) is 4.79 Å². The van der Waals surface area contributed by atoms with Crippen molar-refractivity contribution in [2.75, 3.05) is 19.7 Å². The number of nitrogens with two attached hydrogens (primary N) is 1. The Bertz CT molecular complexity index is 233. The van der Waals surface area contributed by atoms with Gasteiger partial charge in [-0.25, -0.2) is 0 Å². The number of hydrogen-bond donors (Lipinski definition) is 2. The summed E-state index contributed by atoms with van der Waals surface area (Å²) in [6.45, 7) is 3.14. The van der Waals surface area contributed by atoms with Gasteiger partial charge in [-0.2, -0.15) is 0 Å². The number of likely N-dealkylation sites (N-methyl/N-ethyl adjacent to an activating group) is 1. The Morgan fingerprint density at radius 3 is 2.82 bits per heavy atom. The average molecular weight is 242 g/mol. The summed E-state index contributed by atoms with van der Waals surface area (Å²) in [7, 11) is 0. The largest absolute Gasteiger partial charge is 0.395 e. The number of carbonyl (C=O) groups is 1. The second-order valence-electron chi connectivity index (χ2n) is 5.03. The molecule has 3 N–H and O–H groups in total. The molecule has 0 aromatic heterocycles. The number of aliphatic hydroxyl groups excluding tert-OH is 1. The van der Waals surface area contributed by atoms with E-state index in [0.717, 1.165) is 19.3 Å². The second-order valence-corrected chi connectivity index (χ2v) is 5.03. The molecule has 100 valence electrons. The summed E-state index contributed by atoms with van der Waals surface area (Å²) in [6.07, 6.45) is 6.18. The van der Waals surface area contributed by atoms with E-state index >= 15 is 0 Å². The summed E-state index contributed by atoms with van der Waals surface area (Å²) in [6, 6.07) is 0.337. The van der Waals surface area contributed by atoms with Crippen molar-refractivity contribution in [1.82, 2.24) is 4.90 Å². The van der Waals surface area contributed by atoms with Crippen molar-refractivity contribution >= 4 is 5.91 Å². The topological polar surface area (TPSA) is 66.6 Å². The lowest BCUT2D eigenvalue weighted by molar-refractivity contribution is -0.131. The quantitative estimate of drug-likeness (QED) is 0.733. The van der Waals surface area contributed by atoms with Crippen molar-refractivity contribution in [3.05, 3.63) is 0 Å². The van der Waals surface area contributed by atoms with Crippen LogP contribution in [0.15, 0.2) is 0 Å². The molecule has 0 aliphatic heterocycles. The summed E-state index contributed by atoms with van der Waals surface area (Å²) in [5, 5.41) is 8.86. The van der Waals surface area contributed by atoms with Gasteiger partial charge in [0.2, 0.25) is 5.91 Å². The zero-order chi connectivity index (χ0) is 12.7. The number of carbonyl (C=O) groups excluding carboxylic acids is 1. The van der Waals surface area contributed by atoms with Gasteiger partial charge >= 0.3 is 0 Å². The molecule has 2 unspecified atom stereocenters. The fourth-order valence-electron chi connectivity index (χ4n) is 2.66. The van der Waals surface area contributed by atoms with Gasteiger partial charge in [0.1, 0.15) is 0 Å². The minimum Gasteiger partial charge on any atom is -0.395 e. The highest BCUT2D eigenvalue weighted by Crippen LogP contribution is 2.26. The van der Waals surface area contributed by atoms with E-state index in [4.69, 9.17) is 10.8 Å². The molecule has 1 amide bonds. The maximum Gasteiger partial charge on any atom is 0.222 e. The van der Waals surface area contributed by atoms with Crippen molar-refractivity contribution in [3.8, 4) is 0 Å². The summed E-state index contributed by atoms with van der Waals surface area (Å²) in [4.78, 5) is 13.6. The van der Waals surface area contributed by atoms with Crippen LogP contribution in [0.3, 0.4) is 0 Å². The molecule has 0 radical (unpaired) electrons. The molecule has 4 heteroatoms. The second kappa shape index (κ2) is 7.67. The van der Waals surface area contributed by atoms with Crippen LogP contribution in [0.1, 0.15) is 45.4 Å². The first kappa shape index (κ1) is 14.5. The lowest BCUT2D eigenvalue weighted by atomic mass is 9.83. The zero-order valence-electron chi connectivity index (χ0n) is 10.9. The number of aliphatic hydroxyl groups is 1. The highest BCUT2D eigenvalue weighted by Gasteiger charge is 2.20. The van der Waals surface area contributed by atoms with Gasteiger partial charge in [0.05, 0.1) is 6.61 Å². The van der Waals surface area contributed by atoms with Gasteiger partial charge in [-0.15, -0.1) is 0 Å². The van der Waals surface area contributed by atoms with Crippen LogP contribution in [0.5, 0.6) is 0 Å². The number of amides is 1. The Morgan fingerprint density at radius 1 is 1.47 bits per heavy atom. The molecular formula is C13H26N2O2. The van der Waals surface area contributed by atoms with E-state index < -0.39 is 0 Å². The van der Waals surface area contributed by atoms with Crippen molar-refractivity contribution in [2.45, 2.75) is 51.5 Å². The lowest BCUT2D eigenvalue weighted by Crippen LogP contribution is -2.34. The maximum atomic E-state index is 11.9. The van der Waals surface area contributed by atoms with E-state index in [1.165, 1.54) is 12.8 Å².